The highest BCUT2D eigenvalue weighted by Crippen LogP contribution is 2.27. The Balaban J connectivity index is 2.20. The number of para-hydroxylation sites is 2. The van der Waals surface area contributed by atoms with Gasteiger partial charge in [-0.1, -0.05) is 23.7 Å². The molecular formula is C15H16ClF2N3O2. The van der Waals surface area contributed by atoms with Crippen LogP contribution in [0.2, 0.25) is 5.02 Å². The first-order valence-corrected chi connectivity index (χ1v) is 7.25. The van der Waals surface area contributed by atoms with Gasteiger partial charge in [0.1, 0.15) is 11.8 Å². The molecule has 1 aromatic heterocycles. The van der Waals surface area contributed by atoms with Gasteiger partial charge in [0.05, 0.1) is 22.1 Å². The van der Waals surface area contributed by atoms with Crippen LogP contribution in [0.4, 0.5) is 14.5 Å². The van der Waals surface area contributed by atoms with Gasteiger partial charge in [-0.05, 0) is 32.9 Å². The SMILES string of the molecule is Cc1nn(C(C)C(=O)Nc2ccccc2OC(F)F)c(C)c1Cl. The van der Waals surface area contributed by atoms with Crippen molar-refractivity contribution < 1.29 is 18.3 Å². The van der Waals surface area contributed by atoms with Crippen molar-refractivity contribution in [3.8, 4) is 5.75 Å². The van der Waals surface area contributed by atoms with Crippen molar-refractivity contribution in [3.63, 3.8) is 0 Å². The lowest BCUT2D eigenvalue weighted by Crippen LogP contribution is -2.25. The number of nitrogens with zero attached hydrogens (tertiary/aromatic N) is 2. The second kappa shape index (κ2) is 6.95. The van der Waals surface area contributed by atoms with Crippen molar-refractivity contribution in [1.29, 1.82) is 0 Å². The van der Waals surface area contributed by atoms with E-state index in [-0.39, 0.29) is 11.4 Å². The normalized spacial score (nSPS) is 12.3. The molecule has 1 heterocycles. The maximum atomic E-state index is 12.4. The molecule has 1 atom stereocenters. The van der Waals surface area contributed by atoms with Crippen molar-refractivity contribution in [3.05, 3.63) is 40.7 Å². The minimum absolute atomic E-state index is 0.102. The van der Waals surface area contributed by atoms with Crippen LogP contribution in [0.5, 0.6) is 5.75 Å². The summed E-state index contributed by atoms with van der Waals surface area (Å²) in [6.07, 6.45) is 0. The van der Waals surface area contributed by atoms with Gasteiger partial charge in [-0.25, -0.2) is 0 Å². The third-order valence-electron chi connectivity index (χ3n) is 3.34. The highest BCUT2D eigenvalue weighted by atomic mass is 35.5. The molecule has 0 aliphatic rings. The van der Waals surface area contributed by atoms with Gasteiger partial charge in [-0.3, -0.25) is 9.48 Å². The van der Waals surface area contributed by atoms with Gasteiger partial charge < -0.3 is 10.1 Å². The number of carbonyl (C=O) groups is 1. The number of hydrogen-bond acceptors (Lipinski definition) is 3. The van der Waals surface area contributed by atoms with E-state index in [1.54, 1.807) is 26.8 Å². The Kier molecular flexibility index (Phi) is 5.20. The van der Waals surface area contributed by atoms with Gasteiger partial charge >= 0.3 is 6.61 Å². The Morgan fingerprint density at radius 1 is 1.35 bits per heavy atom. The maximum Gasteiger partial charge on any atom is 0.387 e. The van der Waals surface area contributed by atoms with E-state index in [2.05, 4.69) is 15.2 Å². The summed E-state index contributed by atoms with van der Waals surface area (Å²) in [7, 11) is 0. The molecule has 8 heteroatoms. The Bertz CT molecular complexity index is 719. The van der Waals surface area contributed by atoms with Gasteiger partial charge in [-0.15, -0.1) is 0 Å². The fourth-order valence-corrected chi connectivity index (χ4v) is 2.26. The topological polar surface area (TPSA) is 56.2 Å². The van der Waals surface area contributed by atoms with E-state index in [4.69, 9.17) is 11.6 Å². The molecule has 0 fully saturated rings. The maximum absolute atomic E-state index is 12.4. The second-order valence-corrected chi connectivity index (χ2v) is 5.35. The van der Waals surface area contributed by atoms with E-state index in [0.717, 1.165) is 0 Å². The molecule has 0 saturated heterocycles. The van der Waals surface area contributed by atoms with Gasteiger partial charge in [0, 0.05) is 0 Å². The predicted molar refractivity (Wildman–Crippen MR) is 83.1 cm³/mol. The summed E-state index contributed by atoms with van der Waals surface area (Å²) in [4.78, 5) is 12.4. The number of amides is 1. The first-order valence-electron chi connectivity index (χ1n) is 6.87. The van der Waals surface area contributed by atoms with Crippen molar-refractivity contribution in [1.82, 2.24) is 9.78 Å². The summed E-state index contributed by atoms with van der Waals surface area (Å²) in [5.41, 5.74) is 1.44. The second-order valence-electron chi connectivity index (χ2n) is 4.97. The molecule has 124 valence electrons. The lowest BCUT2D eigenvalue weighted by Gasteiger charge is -2.16. The molecule has 5 nitrogen and oxygen atoms in total. The zero-order valence-electron chi connectivity index (χ0n) is 12.8. The zero-order chi connectivity index (χ0) is 17.1. The van der Waals surface area contributed by atoms with Crippen LogP contribution in [0.15, 0.2) is 24.3 Å². The predicted octanol–water partition coefficient (Wildman–Crippen LogP) is 3.95. The Hall–Kier alpha value is -2.15. The van der Waals surface area contributed by atoms with Crippen molar-refractivity contribution in [2.75, 3.05) is 5.32 Å². The average molecular weight is 344 g/mol. The van der Waals surface area contributed by atoms with Crippen molar-refractivity contribution in [2.45, 2.75) is 33.4 Å². The van der Waals surface area contributed by atoms with Crippen LogP contribution in [0.3, 0.4) is 0 Å². The van der Waals surface area contributed by atoms with Crippen LogP contribution < -0.4 is 10.1 Å². The molecule has 0 aliphatic carbocycles. The van der Waals surface area contributed by atoms with Crippen LogP contribution in [-0.2, 0) is 4.79 Å². The first-order chi connectivity index (χ1) is 10.8. The number of nitrogens with one attached hydrogen (secondary N) is 1. The summed E-state index contributed by atoms with van der Waals surface area (Å²) in [6, 6.07) is 5.32. The fourth-order valence-electron chi connectivity index (χ4n) is 2.14. The molecule has 2 aromatic rings. The monoisotopic (exact) mass is 343 g/mol. The standard InChI is InChI=1S/C15H16ClF2N3O2/c1-8-13(16)9(2)21(20-8)10(3)14(22)19-11-6-4-5-7-12(11)23-15(17)18/h4-7,10,15H,1-3H3,(H,19,22). The van der Waals surface area contributed by atoms with E-state index in [1.165, 1.54) is 22.9 Å². The highest BCUT2D eigenvalue weighted by molar-refractivity contribution is 6.31. The summed E-state index contributed by atoms with van der Waals surface area (Å²) in [6.45, 7) is 2.16. The Morgan fingerprint density at radius 2 is 2.00 bits per heavy atom. The van der Waals surface area contributed by atoms with E-state index in [9.17, 15) is 13.6 Å². The summed E-state index contributed by atoms with van der Waals surface area (Å²) in [5, 5.41) is 7.28. The minimum Gasteiger partial charge on any atom is -0.433 e. The van der Waals surface area contributed by atoms with Gasteiger partial charge in [-0.2, -0.15) is 13.9 Å². The molecule has 0 aliphatic heterocycles. The van der Waals surface area contributed by atoms with Crippen LogP contribution in [0.1, 0.15) is 24.4 Å². The number of aromatic nitrogens is 2. The molecule has 0 saturated carbocycles. The number of benzene rings is 1. The van der Waals surface area contributed by atoms with E-state index in [1.807, 2.05) is 0 Å². The van der Waals surface area contributed by atoms with Crippen molar-refractivity contribution in [2.24, 2.45) is 0 Å². The molecule has 23 heavy (non-hydrogen) atoms. The number of hydrogen-bond donors (Lipinski definition) is 1. The molecule has 1 aromatic carbocycles. The van der Waals surface area contributed by atoms with Gasteiger partial charge in [0.15, 0.2) is 0 Å². The summed E-state index contributed by atoms with van der Waals surface area (Å²) >= 11 is 6.07. The molecule has 0 spiro atoms. The molecule has 1 amide bonds. The zero-order valence-corrected chi connectivity index (χ0v) is 13.6. The largest absolute Gasteiger partial charge is 0.433 e. The number of alkyl halides is 2. The minimum atomic E-state index is -2.97. The van der Waals surface area contributed by atoms with Gasteiger partial charge in [0.25, 0.3) is 0 Å². The number of rotatable bonds is 5. The molecule has 2 rings (SSSR count). The molecular weight excluding hydrogens is 328 g/mol. The van der Waals surface area contributed by atoms with Gasteiger partial charge in [0.2, 0.25) is 5.91 Å². The van der Waals surface area contributed by atoms with E-state index < -0.39 is 18.6 Å². The first kappa shape index (κ1) is 17.2. The summed E-state index contributed by atoms with van der Waals surface area (Å²) < 4.78 is 30.7. The third kappa shape index (κ3) is 3.79. The van der Waals surface area contributed by atoms with E-state index in [0.29, 0.717) is 16.4 Å². The number of aryl methyl sites for hydroxylation is 1. The number of carbonyl (C=O) groups excluding carboxylic acids is 1. The van der Waals surface area contributed by atoms with Crippen LogP contribution in [0, 0.1) is 13.8 Å². The average Bonchev–Trinajstić information content (AvgIpc) is 2.75. The molecule has 1 unspecified atom stereocenters. The number of ether oxygens (including phenoxy) is 1. The molecule has 1 N–H and O–H groups in total. The summed E-state index contributed by atoms with van der Waals surface area (Å²) in [5.74, 6) is -0.521. The van der Waals surface area contributed by atoms with E-state index >= 15 is 0 Å². The van der Waals surface area contributed by atoms with Crippen LogP contribution in [0.25, 0.3) is 0 Å². The van der Waals surface area contributed by atoms with Crippen LogP contribution >= 0.6 is 11.6 Å². The molecule has 0 radical (unpaired) electrons. The Labute approximate surface area is 137 Å². The lowest BCUT2D eigenvalue weighted by atomic mass is 10.2. The smallest absolute Gasteiger partial charge is 0.387 e. The number of anilines is 1. The fraction of sp³-hybridized carbons (Fsp3) is 0.333. The highest BCUT2D eigenvalue weighted by Gasteiger charge is 2.21. The molecule has 0 bridgehead atoms. The Morgan fingerprint density at radius 3 is 2.57 bits per heavy atom. The quantitative estimate of drug-likeness (QED) is 0.894. The van der Waals surface area contributed by atoms with Crippen molar-refractivity contribution >= 4 is 23.2 Å². The number of halogens is 3. The van der Waals surface area contributed by atoms with Crippen LogP contribution in [-0.4, -0.2) is 22.3 Å². The lowest BCUT2D eigenvalue weighted by molar-refractivity contribution is -0.119. The third-order valence-corrected chi connectivity index (χ3v) is 3.89.